The Morgan fingerprint density at radius 1 is 0.800 bits per heavy atom. The molecule has 7 heteroatoms. The molecule has 0 spiro atoms. The number of rotatable bonds is 12. The number of nitriles is 2. The van der Waals surface area contributed by atoms with Gasteiger partial charge in [0.2, 0.25) is 0 Å². The number of hydrogen-bond donors (Lipinski definition) is 0. The molecule has 0 fully saturated rings. The molecule has 0 aliphatic rings. The Kier molecular flexibility index (Phi) is 11.3. The van der Waals surface area contributed by atoms with Crippen molar-refractivity contribution >= 4 is 6.16 Å². The van der Waals surface area contributed by atoms with E-state index in [1.165, 1.54) is 0 Å². The van der Waals surface area contributed by atoms with Crippen molar-refractivity contribution in [2.24, 2.45) is 0 Å². The summed E-state index contributed by atoms with van der Waals surface area (Å²) in [5.41, 5.74) is 4.51. The maximum absolute atomic E-state index is 12.1. The van der Waals surface area contributed by atoms with Crippen LogP contribution in [0.5, 0.6) is 5.75 Å². The SMILES string of the molecule is Cc1cc(C(OCCCc2ccc(C#N)cc2)OCCCc2ccc(C#N)cc2)ccc1OC(=O)OC(C)(C)C. The zero-order chi connectivity index (χ0) is 29.0. The van der Waals surface area contributed by atoms with Crippen molar-refractivity contribution < 1.29 is 23.7 Å². The zero-order valence-electron chi connectivity index (χ0n) is 23.6. The van der Waals surface area contributed by atoms with Crippen LogP contribution in [0, 0.1) is 29.6 Å². The standard InChI is InChI=1S/C33H36N2O5/c1-24-21-29(17-18-30(24)39-32(36)40-33(2,3)4)31(37-19-5-7-25-9-13-27(22-34)14-10-25)38-20-6-8-26-11-15-28(23-35)16-12-26/h9-18,21,31H,5-8,19-20H2,1-4H3. The Morgan fingerprint density at radius 2 is 1.30 bits per heavy atom. The summed E-state index contributed by atoms with van der Waals surface area (Å²) in [6.45, 7) is 8.17. The predicted octanol–water partition coefficient (Wildman–Crippen LogP) is 7.35. The van der Waals surface area contributed by atoms with Crippen LogP contribution in [0.15, 0.2) is 66.7 Å². The van der Waals surface area contributed by atoms with Gasteiger partial charge in [-0.05, 0) is 106 Å². The first-order chi connectivity index (χ1) is 19.2. The van der Waals surface area contributed by atoms with E-state index in [2.05, 4.69) is 12.1 Å². The third-order valence-electron chi connectivity index (χ3n) is 5.98. The number of nitrogens with zero attached hydrogens (tertiary/aromatic N) is 2. The molecule has 7 nitrogen and oxygen atoms in total. The van der Waals surface area contributed by atoms with Crippen molar-refractivity contribution in [2.75, 3.05) is 13.2 Å². The molecule has 3 aromatic rings. The van der Waals surface area contributed by atoms with Crippen LogP contribution in [0.1, 0.15) is 73.3 Å². The fourth-order valence-corrected chi connectivity index (χ4v) is 3.96. The summed E-state index contributed by atoms with van der Waals surface area (Å²) in [6, 6.07) is 24.8. The molecule has 40 heavy (non-hydrogen) atoms. The molecular formula is C33H36N2O5. The van der Waals surface area contributed by atoms with Crippen molar-refractivity contribution in [1.29, 1.82) is 10.5 Å². The molecule has 3 aromatic carbocycles. The minimum absolute atomic E-state index is 0.415. The minimum Gasteiger partial charge on any atom is -0.428 e. The summed E-state index contributed by atoms with van der Waals surface area (Å²) < 4.78 is 23.0. The lowest BCUT2D eigenvalue weighted by atomic mass is 10.1. The van der Waals surface area contributed by atoms with Gasteiger partial charge >= 0.3 is 6.16 Å². The van der Waals surface area contributed by atoms with Crippen LogP contribution in [-0.2, 0) is 27.1 Å². The Balaban J connectivity index is 1.61. The first-order valence-electron chi connectivity index (χ1n) is 13.4. The van der Waals surface area contributed by atoms with Crippen LogP contribution >= 0.6 is 0 Å². The van der Waals surface area contributed by atoms with E-state index in [0.717, 1.165) is 47.9 Å². The Hall–Kier alpha value is -4.17. The van der Waals surface area contributed by atoms with Crippen LogP contribution in [-0.4, -0.2) is 25.0 Å². The highest BCUT2D eigenvalue weighted by atomic mass is 16.7. The van der Waals surface area contributed by atoms with Gasteiger partial charge in [0.25, 0.3) is 0 Å². The van der Waals surface area contributed by atoms with E-state index in [9.17, 15) is 4.79 Å². The van der Waals surface area contributed by atoms with Crippen LogP contribution < -0.4 is 4.74 Å². The number of ether oxygens (including phenoxy) is 4. The van der Waals surface area contributed by atoms with Gasteiger partial charge in [-0.25, -0.2) is 4.79 Å². The molecule has 208 valence electrons. The molecule has 0 heterocycles. The van der Waals surface area contributed by atoms with E-state index in [1.807, 2.05) is 67.6 Å². The van der Waals surface area contributed by atoms with Gasteiger partial charge in [-0.15, -0.1) is 0 Å². The van der Waals surface area contributed by atoms with Crippen molar-refractivity contribution in [3.8, 4) is 17.9 Å². The van der Waals surface area contributed by atoms with Crippen LogP contribution in [0.4, 0.5) is 4.79 Å². The molecule has 0 bridgehead atoms. The lowest BCUT2D eigenvalue weighted by molar-refractivity contribution is -0.147. The topological polar surface area (TPSA) is 102 Å². The van der Waals surface area contributed by atoms with E-state index >= 15 is 0 Å². The van der Waals surface area contributed by atoms with E-state index in [0.29, 0.717) is 30.1 Å². The van der Waals surface area contributed by atoms with Gasteiger partial charge < -0.3 is 18.9 Å². The second-order valence-electron chi connectivity index (χ2n) is 10.5. The van der Waals surface area contributed by atoms with Crippen molar-refractivity contribution in [2.45, 2.75) is 65.3 Å². The molecule has 0 aliphatic heterocycles. The molecule has 0 atom stereocenters. The monoisotopic (exact) mass is 540 g/mol. The van der Waals surface area contributed by atoms with E-state index in [-0.39, 0.29) is 0 Å². The third kappa shape index (κ3) is 10.2. The van der Waals surface area contributed by atoms with Crippen LogP contribution in [0.3, 0.4) is 0 Å². The molecule has 0 unspecified atom stereocenters. The van der Waals surface area contributed by atoms with Gasteiger partial charge in [-0.2, -0.15) is 10.5 Å². The largest absolute Gasteiger partial charge is 0.514 e. The minimum atomic E-state index is -0.752. The van der Waals surface area contributed by atoms with Gasteiger partial charge in [-0.1, -0.05) is 30.3 Å². The highest BCUT2D eigenvalue weighted by molar-refractivity contribution is 5.65. The molecular weight excluding hydrogens is 504 g/mol. The molecule has 0 amide bonds. The zero-order valence-corrected chi connectivity index (χ0v) is 23.6. The molecule has 3 rings (SSSR count). The summed E-state index contributed by atoms with van der Waals surface area (Å²) in [5.74, 6) is 0.415. The van der Waals surface area contributed by atoms with Gasteiger partial charge in [0.15, 0.2) is 6.29 Å². The maximum atomic E-state index is 12.1. The van der Waals surface area contributed by atoms with Crippen LogP contribution in [0.25, 0.3) is 0 Å². The molecule has 0 aliphatic carbocycles. The maximum Gasteiger partial charge on any atom is 0.514 e. The van der Waals surface area contributed by atoms with E-state index in [1.54, 1.807) is 26.8 Å². The predicted molar refractivity (Wildman–Crippen MR) is 152 cm³/mol. The van der Waals surface area contributed by atoms with Crippen LogP contribution in [0.2, 0.25) is 0 Å². The summed E-state index contributed by atoms with van der Waals surface area (Å²) in [6.07, 6.45) is 1.87. The summed E-state index contributed by atoms with van der Waals surface area (Å²) >= 11 is 0. The highest BCUT2D eigenvalue weighted by Crippen LogP contribution is 2.27. The normalized spacial score (nSPS) is 11.1. The average Bonchev–Trinajstić information content (AvgIpc) is 2.93. The number of carbonyl (C=O) groups excluding carboxylic acids is 1. The first-order valence-corrected chi connectivity index (χ1v) is 13.4. The fraction of sp³-hybridized carbons (Fsp3) is 0.364. The van der Waals surface area contributed by atoms with Gasteiger partial charge in [0.1, 0.15) is 11.4 Å². The summed E-state index contributed by atoms with van der Waals surface area (Å²) in [4.78, 5) is 12.1. The third-order valence-corrected chi connectivity index (χ3v) is 5.98. The van der Waals surface area contributed by atoms with Gasteiger partial charge in [-0.3, -0.25) is 0 Å². The number of aryl methyl sites for hydroxylation is 3. The van der Waals surface area contributed by atoms with E-state index in [4.69, 9.17) is 29.5 Å². The number of hydrogen-bond acceptors (Lipinski definition) is 7. The highest BCUT2D eigenvalue weighted by Gasteiger charge is 2.20. The number of carbonyl (C=O) groups is 1. The second kappa shape index (κ2) is 14.8. The number of benzene rings is 3. The van der Waals surface area contributed by atoms with Crippen molar-refractivity contribution in [3.05, 3.63) is 100 Å². The molecule has 0 saturated carbocycles. The Bertz CT molecular complexity index is 1260. The second-order valence-corrected chi connectivity index (χ2v) is 10.5. The van der Waals surface area contributed by atoms with E-state index < -0.39 is 18.0 Å². The quantitative estimate of drug-likeness (QED) is 0.102. The first kappa shape index (κ1) is 30.4. The van der Waals surface area contributed by atoms with Gasteiger partial charge in [0, 0.05) is 5.56 Å². The molecule has 0 aromatic heterocycles. The lowest BCUT2D eigenvalue weighted by Crippen LogP contribution is -2.26. The average molecular weight is 541 g/mol. The lowest BCUT2D eigenvalue weighted by Gasteiger charge is -2.21. The van der Waals surface area contributed by atoms with Crippen molar-refractivity contribution in [1.82, 2.24) is 0 Å². The molecule has 0 saturated heterocycles. The van der Waals surface area contributed by atoms with Gasteiger partial charge in [0.05, 0.1) is 36.5 Å². The molecule has 0 N–H and O–H groups in total. The Labute approximate surface area is 236 Å². The summed E-state index contributed by atoms with van der Waals surface area (Å²) in [7, 11) is 0. The smallest absolute Gasteiger partial charge is 0.428 e. The fourth-order valence-electron chi connectivity index (χ4n) is 3.96. The summed E-state index contributed by atoms with van der Waals surface area (Å²) in [5, 5.41) is 18.0. The Morgan fingerprint density at radius 3 is 1.73 bits per heavy atom. The van der Waals surface area contributed by atoms with Crippen molar-refractivity contribution in [3.63, 3.8) is 0 Å². The molecule has 0 radical (unpaired) electrons.